The molecule has 4 heteroatoms. The maximum atomic E-state index is 12.4. The summed E-state index contributed by atoms with van der Waals surface area (Å²) < 4.78 is 5.50. The highest BCUT2D eigenvalue weighted by Crippen LogP contribution is 2.33. The van der Waals surface area contributed by atoms with Gasteiger partial charge in [-0.25, -0.2) is 0 Å². The van der Waals surface area contributed by atoms with Crippen molar-refractivity contribution in [1.82, 2.24) is 5.32 Å². The van der Waals surface area contributed by atoms with Crippen LogP contribution < -0.4 is 10.1 Å². The molecule has 0 heterocycles. The molecule has 0 bridgehead atoms. The van der Waals surface area contributed by atoms with Gasteiger partial charge in [-0.2, -0.15) is 0 Å². The standard InChI is InChI=1S/C18H27NO3/c1-13-9-14(2)11-16(10-13)18(21)19-12-15-5-3-4-6-17(15)22-8-7-20/h3-6,13-14,16,20H,7-12H2,1-2H3,(H,19,21). The predicted octanol–water partition coefficient (Wildman–Crippen LogP) is 2.75. The molecule has 22 heavy (non-hydrogen) atoms. The molecule has 2 unspecified atom stereocenters. The molecule has 1 saturated carbocycles. The molecule has 1 aliphatic carbocycles. The van der Waals surface area contributed by atoms with Crippen molar-refractivity contribution < 1.29 is 14.6 Å². The van der Waals surface area contributed by atoms with E-state index in [0.717, 1.165) is 24.2 Å². The van der Waals surface area contributed by atoms with E-state index >= 15 is 0 Å². The van der Waals surface area contributed by atoms with E-state index in [0.29, 0.717) is 18.4 Å². The molecule has 2 N–H and O–H groups in total. The minimum Gasteiger partial charge on any atom is -0.491 e. The van der Waals surface area contributed by atoms with Crippen LogP contribution in [0.2, 0.25) is 0 Å². The highest BCUT2D eigenvalue weighted by Gasteiger charge is 2.28. The zero-order valence-electron chi connectivity index (χ0n) is 13.5. The highest BCUT2D eigenvalue weighted by molar-refractivity contribution is 5.78. The predicted molar refractivity (Wildman–Crippen MR) is 86.5 cm³/mol. The Kier molecular flexibility index (Phi) is 6.25. The van der Waals surface area contributed by atoms with E-state index in [1.807, 2.05) is 24.3 Å². The summed E-state index contributed by atoms with van der Waals surface area (Å²) in [5, 5.41) is 11.9. The third-order valence-corrected chi connectivity index (χ3v) is 4.32. The molecule has 1 aromatic carbocycles. The van der Waals surface area contributed by atoms with Crippen LogP contribution in [0.15, 0.2) is 24.3 Å². The Bertz CT molecular complexity index is 479. The number of aliphatic hydroxyl groups is 1. The topological polar surface area (TPSA) is 58.6 Å². The van der Waals surface area contributed by atoms with Crippen LogP contribution >= 0.6 is 0 Å². The lowest BCUT2D eigenvalue weighted by Gasteiger charge is -2.30. The molecule has 0 radical (unpaired) electrons. The van der Waals surface area contributed by atoms with E-state index in [-0.39, 0.29) is 25.0 Å². The van der Waals surface area contributed by atoms with Crippen LogP contribution in [0.5, 0.6) is 5.75 Å². The Morgan fingerprint density at radius 2 is 1.91 bits per heavy atom. The fourth-order valence-corrected chi connectivity index (χ4v) is 3.43. The molecular formula is C18H27NO3. The van der Waals surface area contributed by atoms with Crippen LogP contribution in [0, 0.1) is 17.8 Å². The first-order valence-electron chi connectivity index (χ1n) is 8.19. The Morgan fingerprint density at radius 3 is 2.59 bits per heavy atom. The van der Waals surface area contributed by atoms with Gasteiger partial charge in [0.1, 0.15) is 12.4 Å². The number of para-hydroxylation sites is 1. The lowest BCUT2D eigenvalue weighted by molar-refractivity contribution is -0.127. The van der Waals surface area contributed by atoms with Crippen molar-refractivity contribution >= 4 is 5.91 Å². The third kappa shape index (κ3) is 4.73. The van der Waals surface area contributed by atoms with Crippen LogP contribution in [0.3, 0.4) is 0 Å². The largest absolute Gasteiger partial charge is 0.491 e. The van der Waals surface area contributed by atoms with Crippen molar-refractivity contribution in [3.63, 3.8) is 0 Å². The number of nitrogens with one attached hydrogen (secondary N) is 1. The number of carbonyl (C=O) groups is 1. The Hall–Kier alpha value is -1.55. The minimum absolute atomic E-state index is 0.0153. The van der Waals surface area contributed by atoms with Crippen LogP contribution in [0.4, 0.5) is 0 Å². The molecule has 2 atom stereocenters. The van der Waals surface area contributed by atoms with E-state index in [2.05, 4.69) is 19.2 Å². The molecule has 0 aliphatic heterocycles. The van der Waals surface area contributed by atoms with Crippen LogP contribution in [0.25, 0.3) is 0 Å². The average Bonchev–Trinajstić information content (AvgIpc) is 2.50. The monoisotopic (exact) mass is 305 g/mol. The summed E-state index contributed by atoms with van der Waals surface area (Å²) in [5.41, 5.74) is 0.946. The van der Waals surface area contributed by atoms with Crippen LogP contribution in [-0.4, -0.2) is 24.2 Å². The number of amides is 1. The zero-order valence-corrected chi connectivity index (χ0v) is 13.5. The van der Waals surface area contributed by atoms with Gasteiger partial charge in [-0.1, -0.05) is 32.0 Å². The molecule has 0 spiro atoms. The van der Waals surface area contributed by atoms with Crippen molar-refractivity contribution in [2.45, 2.75) is 39.7 Å². The van der Waals surface area contributed by atoms with Gasteiger partial charge in [0.05, 0.1) is 6.61 Å². The summed E-state index contributed by atoms with van der Waals surface area (Å²) in [5.74, 6) is 2.25. The van der Waals surface area contributed by atoms with Gasteiger partial charge in [-0.05, 0) is 37.2 Å². The van der Waals surface area contributed by atoms with Gasteiger partial charge in [0.2, 0.25) is 5.91 Å². The maximum absolute atomic E-state index is 12.4. The second-order valence-electron chi connectivity index (χ2n) is 6.51. The smallest absolute Gasteiger partial charge is 0.223 e. The maximum Gasteiger partial charge on any atom is 0.223 e. The van der Waals surface area contributed by atoms with E-state index in [4.69, 9.17) is 9.84 Å². The van der Waals surface area contributed by atoms with Gasteiger partial charge >= 0.3 is 0 Å². The molecule has 4 nitrogen and oxygen atoms in total. The summed E-state index contributed by atoms with van der Waals surface area (Å²) >= 11 is 0. The molecule has 122 valence electrons. The van der Waals surface area contributed by atoms with Gasteiger partial charge < -0.3 is 15.2 Å². The van der Waals surface area contributed by atoms with E-state index in [1.54, 1.807) is 0 Å². The van der Waals surface area contributed by atoms with Crippen molar-refractivity contribution in [2.24, 2.45) is 17.8 Å². The summed E-state index contributed by atoms with van der Waals surface area (Å²) in [6, 6.07) is 7.63. The first-order chi connectivity index (χ1) is 10.6. The number of aliphatic hydroxyl groups excluding tert-OH is 1. The first-order valence-corrected chi connectivity index (χ1v) is 8.19. The molecule has 1 aliphatic rings. The minimum atomic E-state index is -0.0153. The fourth-order valence-electron chi connectivity index (χ4n) is 3.43. The third-order valence-electron chi connectivity index (χ3n) is 4.32. The Morgan fingerprint density at radius 1 is 1.23 bits per heavy atom. The zero-order chi connectivity index (χ0) is 15.9. The number of benzene rings is 1. The number of hydrogen-bond donors (Lipinski definition) is 2. The van der Waals surface area contributed by atoms with Gasteiger partial charge in [0.25, 0.3) is 0 Å². The van der Waals surface area contributed by atoms with Crippen molar-refractivity contribution in [1.29, 1.82) is 0 Å². The Balaban J connectivity index is 1.91. The van der Waals surface area contributed by atoms with Gasteiger partial charge in [0, 0.05) is 18.0 Å². The number of carbonyl (C=O) groups excluding carboxylic acids is 1. The lowest BCUT2D eigenvalue weighted by Crippen LogP contribution is -2.35. The molecular weight excluding hydrogens is 278 g/mol. The quantitative estimate of drug-likeness (QED) is 0.849. The van der Waals surface area contributed by atoms with Gasteiger partial charge in [-0.15, -0.1) is 0 Å². The molecule has 2 rings (SSSR count). The molecule has 1 amide bonds. The Labute approximate surface area is 132 Å². The average molecular weight is 305 g/mol. The number of rotatable bonds is 6. The molecule has 0 saturated heterocycles. The summed E-state index contributed by atoms with van der Waals surface area (Å²) in [7, 11) is 0. The fraction of sp³-hybridized carbons (Fsp3) is 0.611. The van der Waals surface area contributed by atoms with E-state index in [9.17, 15) is 4.79 Å². The van der Waals surface area contributed by atoms with Crippen molar-refractivity contribution in [3.8, 4) is 5.75 Å². The van der Waals surface area contributed by atoms with Crippen LogP contribution in [0.1, 0.15) is 38.7 Å². The normalized spacial score (nSPS) is 24.8. The van der Waals surface area contributed by atoms with Gasteiger partial charge in [-0.3, -0.25) is 4.79 Å². The summed E-state index contributed by atoms with van der Waals surface area (Å²) in [4.78, 5) is 12.4. The lowest BCUT2D eigenvalue weighted by atomic mass is 9.76. The van der Waals surface area contributed by atoms with Crippen LogP contribution in [-0.2, 0) is 11.3 Å². The highest BCUT2D eigenvalue weighted by atomic mass is 16.5. The van der Waals surface area contributed by atoms with E-state index < -0.39 is 0 Å². The number of ether oxygens (including phenoxy) is 1. The summed E-state index contributed by atoms with van der Waals surface area (Å²) in [6.45, 7) is 5.18. The van der Waals surface area contributed by atoms with Crippen molar-refractivity contribution in [3.05, 3.63) is 29.8 Å². The second kappa shape index (κ2) is 8.18. The number of hydrogen-bond acceptors (Lipinski definition) is 3. The summed E-state index contributed by atoms with van der Waals surface area (Å²) in [6.07, 6.45) is 3.19. The molecule has 0 aromatic heterocycles. The SMILES string of the molecule is CC1CC(C)CC(C(=O)NCc2ccccc2OCCO)C1. The second-order valence-corrected chi connectivity index (χ2v) is 6.51. The first kappa shape index (κ1) is 16.8. The van der Waals surface area contributed by atoms with E-state index in [1.165, 1.54) is 6.42 Å². The van der Waals surface area contributed by atoms with Gasteiger partial charge in [0.15, 0.2) is 0 Å². The molecule has 1 fully saturated rings. The van der Waals surface area contributed by atoms with Crippen molar-refractivity contribution in [2.75, 3.05) is 13.2 Å². The molecule has 1 aromatic rings.